The summed E-state index contributed by atoms with van der Waals surface area (Å²) in [4.78, 5) is 0. The van der Waals surface area contributed by atoms with Gasteiger partial charge in [-0.25, -0.2) is 0 Å². The number of fused-ring (bicyclic) bond motifs is 1. The number of rotatable bonds is 8. The summed E-state index contributed by atoms with van der Waals surface area (Å²) in [7, 11) is 0. The fraction of sp³-hybridized carbons (Fsp3) is 0.778. The van der Waals surface area contributed by atoms with E-state index in [1.165, 1.54) is 56.9 Å². The zero-order valence-electron chi connectivity index (χ0n) is 20.5. The Kier molecular flexibility index (Phi) is 9.27. The van der Waals surface area contributed by atoms with Crippen LogP contribution < -0.4 is 0 Å². The van der Waals surface area contributed by atoms with Gasteiger partial charge in [-0.05, 0) is 109 Å². The summed E-state index contributed by atoms with van der Waals surface area (Å²) in [5, 5.41) is 0. The SMILES string of the molecule is C=C1CC[C@H](OP(=O)(Cl)Cl)C/C1=C/C=C1\CCC[C@@]2(C)C1CC[C@@H]2[C@H](C)CCCC(C)C. The van der Waals surface area contributed by atoms with Gasteiger partial charge in [-0.1, -0.05) is 76.8 Å². The first kappa shape index (κ1) is 26.6. The van der Waals surface area contributed by atoms with Gasteiger partial charge >= 0.3 is 6.07 Å². The van der Waals surface area contributed by atoms with Gasteiger partial charge in [0.05, 0.1) is 6.10 Å². The van der Waals surface area contributed by atoms with Crippen LogP contribution in [-0.4, -0.2) is 6.10 Å². The molecular formula is C27H43Cl2O2P. The molecule has 0 bridgehead atoms. The number of allylic oxidation sites excluding steroid dienone is 4. The first-order chi connectivity index (χ1) is 15.0. The normalized spacial score (nSPS) is 35.0. The molecule has 3 fully saturated rings. The second-order valence-corrected chi connectivity index (χ2v) is 15.5. The highest BCUT2D eigenvalue weighted by molar-refractivity contribution is 8.05. The Bertz CT molecular complexity index is 781. The van der Waals surface area contributed by atoms with Crippen LogP contribution in [0.25, 0.3) is 0 Å². The predicted molar refractivity (Wildman–Crippen MR) is 139 cm³/mol. The lowest BCUT2D eigenvalue weighted by molar-refractivity contribution is 0.0929. The zero-order chi connectivity index (χ0) is 23.5. The van der Waals surface area contributed by atoms with E-state index in [1.54, 1.807) is 5.57 Å². The van der Waals surface area contributed by atoms with Crippen molar-refractivity contribution in [3.8, 4) is 0 Å². The van der Waals surface area contributed by atoms with Crippen molar-refractivity contribution in [3.63, 3.8) is 0 Å². The lowest BCUT2D eigenvalue weighted by atomic mass is 9.60. The lowest BCUT2D eigenvalue weighted by Gasteiger charge is -2.44. The smallest absolute Gasteiger partial charge is 0.303 e. The van der Waals surface area contributed by atoms with Crippen LogP contribution in [0.3, 0.4) is 0 Å². The molecule has 1 unspecified atom stereocenters. The summed E-state index contributed by atoms with van der Waals surface area (Å²) in [5.74, 6) is 3.19. The van der Waals surface area contributed by atoms with Gasteiger partial charge in [0.15, 0.2) is 0 Å². The molecule has 0 aliphatic heterocycles. The van der Waals surface area contributed by atoms with Crippen LogP contribution in [0.5, 0.6) is 0 Å². The second-order valence-electron chi connectivity index (χ2n) is 11.3. The van der Waals surface area contributed by atoms with E-state index in [0.717, 1.165) is 36.2 Å². The third-order valence-electron chi connectivity index (χ3n) is 8.61. The molecule has 3 aliphatic carbocycles. The van der Waals surface area contributed by atoms with Gasteiger partial charge in [0.2, 0.25) is 0 Å². The molecule has 0 N–H and O–H groups in total. The monoisotopic (exact) mass is 500 g/mol. The van der Waals surface area contributed by atoms with E-state index in [1.807, 2.05) is 0 Å². The maximum absolute atomic E-state index is 11.7. The van der Waals surface area contributed by atoms with Crippen molar-refractivity contribution in [1.29, 1.82) is 0 Å². The van der Waals surface area contributed by atoms with E-state index in [2.05, 4.69) is 46.4 Å². The van der Waals surface area contributed by atoms with Crippen LogP contribution in [0.2, 0.25) is 0 Å². The molecular weight excluding hydrogens is 458 g/mol. The lowest BCUT2D eigenvalue weighted by Crippen LogP contribution is -2.36. The first-order valence-corrected chi connectivity index (χ1v) is 16.2. The van der Waals surface area contributed by atoms with E-state index < -0.39 is 6.07 Å². The summed E-state index contributed by atoms with van der Waals surface area (Å²) in [6.45, 7) is 14.0. The predicted octanol–water partition coefficient (Wildman–Crippen LogP) is 10.2. The molecule has 2 nitrogen and oxygen atoms in total. The van der Waals surface area contributed by atoms with Crippen molar-refractivity contribution in [2.24, 2.45) is 29.1 Å². The Hall–Kier alpha value is -0.0100. The highest BCUT2D eigenvalue weighted by atomic mass is 35.9. The average molecular weight is 502 g/mol. The Morgan fingerprint density at radius 3 is 2.59 bits per heavy atom. The van der Waals surface area contributed by atoms with Gasteiger partial charge in [0, 0.05) is 0 Å². The van der Waals surface area contributed by atoms with Crippen molar-refractivity contribution in [3.05, 3.63) is 35.5 Å². The molecule has 0 aromatic carbocycles. The minimum atomic E-state index is -3.51. The molecule has 0 radical (unpaired) electrons. The molecule has 5 atom stereocenters. The molecule has 0 spiro atoms. The Balaban J connectivity index is 1.70. The van der Waals surface area contributed by atoms with Gasteiger partial charge in [0.1, 0.15) is 0 Å². The minimum absolute atomic E-state index is 0.190. The van der Waals surface area contributed by atoms with Crippen molar-refractivity contribution < 1.29 is 9.09 Å². The summed E-state index contributed by atoms with van der Waals surface area (Å²) in [6, 6.07) is 0. The third kappa shape index (κ3) is 6.78. The number of hydrogen-bond donors (Lipinski definition) is 0. The minimum Gasteiger partial charge on any atom is -0.303 e. The van der Waals surface area contributed by atoms with Gasteiger partial charge in [-0.3, -0.25) is 4.57 Å². The maximum atomic E-state index is 11.7. The molecule has 32 heavy (non-hydrogen) atoms. The van der Waals surface area contributed by atoms with Crippen molar-refractivity contribution in [2.75, 3.05) is 0 Å². The summed E-state index contributed by atoms with van der Waals surface area (Å²) < 4.78 is 17.1. The van der Waals surface area contributed by atoms with Gasteiger partial charge < -0.3 is 4.52 Å². The van der Waals surface area contributed by atoms with E-state index in [0.29, 0.717) is 17.8 Å². The van der Waals surface area contributed by atoms with Crippen molar-refractivity contribution in [1.82, 2.24) is 0 Å². The third-order valence-corrected chi connectivity index (χ3v) is 9.63. The van der Waals surface area contributed by atoms with Crippen LogP contribution in [0.1, 0.15) is 98.3 Å². The number of hydrogen-bond acceptors (Lipinski definition) is 2. The largest absolute Gasteiger partial charge is 0.380 e. The molecule has 0 aromatic rings. The standard InChI is InChI=1S/C27H43Cl2O2P/c1-19(2)8-6-9-21(4)25-15-16-26-22(10-7-17-27(25,26)5)12-13-23-18-24(14-11-20(23)3)31-32(28,29)30/h12-13,19,21,24-26H,3,6-11,14-18H2,1-2,4-5H3/b22-12+,23-13-/t21-,24+,25-,26?,27-/m1/s1. The van der Waals surface area contributed by atoms with Crippen LogP contribution in [0, 0.1) is 29.1 Å². The molecule has 0 heterocycles. The fourth-order valence-electron chi connectivity index (χ4n) is 6.91. The quantitative estimate of drug-likeness (QED) is 0.309. The Morgan fingerprint density at radius 2 is 1.91 bits per heavy atom. The maximum Gasteiger partial charge on any atom is 0.380 e. The Labute approximate surface area is 206 Å². The molecule has 0 saturated heterocycles. The van der Waals surface area contributed by atoms with Crippen molar-refractivity contribution >= 4 is 28.6 Å². The van der Waals surface area contributed by atoms with Crippen molar-refractivity contribution in [2.45, 2.75) is 104 Å². The average Bonchev–Trinajstić information content (AvgIpc) is 3.04. The van der Waals surface area contributed by atoms with Crippen LogP contribution >= 0.6 is 28.6 Å². The molecule has 3 saturated carbocycles. The molecule has 182 valence electrons. The fourth-order valence-corrected chi connectivity index (χ4v) is 8.11. The Morgan fingerprint density at radius 1 is 1.16 bits per heavy atom. The molecule has 3 aliphatic rings. The molecule has 0 amide bonds. The van der Waals surface area contributed by atoms with E-state index in [9.17, 15) is 4.57 Å². The van der Waals surface area contributed by atoms with Crippen LogP contribution in [0.4, 0.5) is 0 Å². The second kappa shape index (κ2) is 11.2. The van der Waals surface area contributed by atoms with Crippen LogP contribution in [-0.2, 0) is 9.09 Å². The summed E-state index contributed by atoms with van der Waals surface area (Å²) in [6.07, 6.45) is 13.9. The molecule has 0 aromatic heterocycles. The van der Waals surface area contributed by atoms with Crippen LogP contribution in [0.15, 0.2) is 35.5 Å². The van der Waals surface area contributed by atoms with Gasteiger partial charge in [0.25, 0.3) is 0 Å². The van der Waals surface area contributed by atoms with E-state index >= 15 is 0 Å². The highest BCUT2D eigenvalue weighted by Crippen LogP contribution is 2.61. The van der Waals surface area contributed by atoms with E-state index in [-0.39, 0.29) is 6.10 Å². The van der Waals surface area contributed by atoms with Gasteiger partial charge in [-0.2, -0.15) is 0 Å². The summed E-state index contributed by atoms with van der Waals surface area (Å²) in [5.41, 5.74) is 4.42. The topological polar surface area (TPSA) is 26.3 Å². The number of halogens is 2. The molecule has 3 rings (SSSR count). The van der Waals surface area contributed by atoms with Gasteiger partial charge in [-0.15, -0.1) is 0 Å². The highest BCUT2D eigenvalue weighted by Gasteiger charge is 2.50. The zero-order valence-corrected chi connectivity index (χ0v) is 23.0. The van der Waals surface area contributed by atoms with E-state index in [4.69, 9.17) is 27.0 Å². The summed E-state index contributed by atoms with van der Waals surface area (Å²) >= 11 is 11.3. The first-order valence-electron chi connectivity index (χ1n) is 12.7. The molecule has 5 heteroatoms.